The molecule has 5 N–H and O–H groups in total. The number of carbonyl (C=O) groups excluding carboxylic acids is 1. The molecule has 3 aromatic heterocycles. The highest BCUT2D eigenvalue weighted by Crippen LogP contribution is 2.32. The number of rotatable bonds is 4. The smallest absolute Gasteiger partial charge is 0.252 e. The van der Waals surface area contributed by atoms with Crippen molar-refractivity contribution in [3.8, 4) is 11.8 Å². The van der Waals surface area contributed by atoms with Crippen LogP contribution in [0.2, 0.25) is 0 Å². The monoisotopic (exact) mass is 412 g/mol. The first-order valence-electron chi connectivity index (χ1n) is 9.23. The van der Waals surface area contributed by atoms with Gasteiger partial charge in [0.15, 0.2) is 23.8 Å². The number of ether oxygens (including phenoxy) is 1. The summed E-state index contributed by atoms with van der Waals surface area (Å²) in [5.74, 6) is 5.50. The van der Waals surface area contributed by atoms with Crippen molar-refractivity contribution in [2.24, 2.45) is 0 Å². The van der Waals surface area contributed by atoms with E-state index in [0.717, 1.165) is 0 Å². The van der Waals surface area contributed by atoms with E-state index in [0.29, 0.717) is 18.6 Å². The highest BCUT2D eigenvalue weighted by atomic mass is 16.6. The molecule has 0 spiro atoms. The Kier molecular flexibility index (Phi) is 5.32. The lowest BCUT2D eigenvalue weighted by atomic mass is 10.1. The van der Waals surface area contributed by atoms with E-state index in [1.165, 1.54) is 10.9 Å². The number of hydrogen-bond donors (Lipinski definition) is 4. The Morgan fingerprint density at radius 3 is 2.90 bits per heavy atom. The van der Waals surface area contributed by atoms with E-state index >= 15 is 0 Å². The summed E-state index contributed by atoms with van der Waals surface area (Å²) in [6.45, 7) is 2.50. The topological polar surface area (TPSA) is 166 Å². The number of nitrogens with one attached hydrogen (secondary N) is 1. The Bertz CT molecular complexity index is 1120. The Hall–Kier alpha value is -3.53. The molecule has 0 aliphatic carbocycles. The van der Waals surface area contributed by atoms with Crippen molar-refractivity contribution >= 4 is 22.9 Å². The molecule has 1 unspecified atom stereocenters. The third-order valence-corrected chi connectivity index (χ3v) is 4.59. The Balaban J connectivity index is 1.64. The number of aliphatic hydroxyl groups is 2. The molecule has 0 aromatic carbocycles. The number of carbonyl (C=O) groups is 1. The first kappa shape index (κ1) is 19.8. The van der Waals surface area contributed by atoms with Gasteiger partial charge in [-0.3, -0.25) is 9.36 Å². The molecule has 1 fully saturated rings. The third-order valence-electron chi connectivity index (χ3n) is 4.59. The van der Waals surface area contributed by atoms with Crippen LogP contribution in [0.4, 0.5) is 5.82 Å². The van der Waals surface area contributed by atoms with Crippen molar-refractivity contribution in [2.75, 3.05) is 12.3 Å². The van der Waals surface area contributed by atoms with E-state index in [1.54, 1.807) is 30.2 Å². The normalized spacial score (nSPS) is 23.3. The van der Waals surface area contributed by atoms with Crippen molar-refractivity contribution in [1.82, 2.24) is 34.4 Å². The number of aliphatic hydroxyl groups excluding tert-OH is 2. The fraction of sp³-hybridized carbons (Fsp3) is 0.389. The van der Waals surface area contributed by atoms with Crippen LogP contribution in [0.3, 0.4) is 0 Å². The second kappa shape index (κ2) is 8.07. The minimum Gasteiger partial charge on any atom is -0.387 e. The molecule has 12 heteroatoms. The molecule has 1 aliphatic heterocycles. The Morgan fingerprint density at radius 2 is 2.17 bits per heavy atom. The maximum Gasteiger partial charge on any atom is 0.252 e. The molecule has 1 saturated heterocycles. The zero-order valence-corrected chi connectivity index (χ0v) is 16.0. The molecule has 4 atom stereocenters. The maximum absolute atomic E-state index is 12.1. The molecule has 0 radical (unpaired) electrons. The van der Waals surface area contributed by atoms with E-state index in [-0.39, 0.29) is 17.3 Å². The van der Waals surface area contributed by atoms with Crippen LogP contribution in [0.15, 0.2) is 25.0 Å². The summed E-state index contributed by atoms with van der Waals surface area (Å²) in [6, 6.07) is 0. The first-order valence-corrected chi connectivity index (χ1v) is 9.23. The molecule has 3 aromatic rings. The van der Waals surface area contributed by atoms with Gasteiger partial charge in [-0.25, -0.2) is 19.9 Å². The first-order chi connectivity index (χ1) is 14.5. The largest absolute Gasteiger partial charge is 0.387 e. The van der Waals surface area contributed by atoms with Gasteiger partial charge in [0.05, 0.1) is 19.2 Å². The van der Waals surface area contributed by atoms with Gasteiger partial charge in [0.25, 0.3) is 5.91 Å². The number of nitrogen functional groups attached to an aromatic ring is 1. The van der Waals surface area contributed by atoms with Crippen LogP contribution in [0, 0.1) is 11.8 Å². The van der Waals surface area contributed by atoms with Crippen molar-refractivity contribution in [2.45, 2.75) is 38.0 Å². The van der Waals surface area contributed by atoms with Crippen molar-refractivity contribution in [1.29, 1.82) is 0 Å². The van der Waals surface area contributed by atoms with E-state index in [4.69, 9.17) is 10.5 Å². The second-order valence-electron chi connectivity index (χ2n) is 6.62. The van der Waals surface area contributed by atoms with Gasteiger partial charge in [-0.1, -0.05) is 5.92 Å². The molecular weight excluding hydrogens is 392 g/mol. The van der Waals surface area contributed by atoms with Crippen molar-refractivity contribution in [3.63, 3.8) is 0 Å². The predicted octanol–water partition coefficient (Wildman–Crippen LogP) is -1.59. The molecule has 4 heterocycles. The quantitative estimate of drug-likeness (QED) is 0.370. The van der Waals surface area contributed by atoms with Gasteiger partial charge in [0.1, 0.15) is 17.7 Å². The average molecular weight is 412 g/mol. The number of aromatic nitrogens is 6. The van der Waals surface area contributed by atoms with E-state index in [1.807, 2.05) is 0 Å². The standard InChI is InChI=1S/C18H20N8O4/c1-2-21-17(29)14-12(27)13(28)18(30-14)26-9-22-11-15(19)23-10(24-16(11)26)4-3-6-25-7-5-20-8-25/h5,7-9,12-14,18,27-28H,2,6H2,1H3,(H,21,29)(H2,19,23,24)/t12-,13+,14-,18?/m0/s1. The number of nitrogens with two attached hydrogens (primary N) is 1. The lowest BCUT2D eigenvalue weighted by molar-refractivity contribution is -0.137. The molecule has 30 heavy (non-hydrogen) atoms. The summed E-state index contributed by atoms with van der Waals surface area (Å²) in [7, 11) is 0. The zero-order valence-electron chi connectivity index (χ0n) is 16.0. The second-order valence-corrected chi connectivity index (χ2v) is 6.62. The molecule has 156 valence electrons. The number of imidazole rings is 2. The summed E-state index contributed by atoms with van der Waals surface area (Å²) in [5, 5.41) is 23.3. The molecule has 4 rings (SSSR count). The van der Waals surface area contributed by atoms with Crippen LogP contribution in [-0.2, 0) is 16.1 Å². The van der Waals surface area contributed by atoms with Crippen LogP contribution in [0.1, 0.15) is 19.0 Å². The summed E-state index contributed by atoms with van der Waals surface area (Å²) in [5.41, 5.74) is 6.55. The maximum atomic E-state index is 12.1. The summed E-state index contributed by atoms with van der Waals surface area (Å²) in [6.07, 6.45) is 1.33. The average Bonchev–Trinajstić information content (AvgIpc) is 3.44. The van der Waals surface area contributed by atoms with Gasteiger partial charge in [-0.05, 0) is 12.8 Å². The van der Waals surface area contributed by atoms with Crippen LogP contribution in [0.5, 0.6) is 0 Å². The van der Waals surface area contributed by atoms with Gasteiger partial charge in [-0.15, -0.1) is 0 Å². The highest BCUT2D eigenvalue weighted by Gasteiger charge is 2.47. The summed E-state index contributed by atoms with van der Waals surface area (Å²) >= 11 is 0. The Morgan fingerprint density at radius 1 is 1.33 bits per heavy atom. The summed E-state index contributed by atoms with van der Waals surface area (Å²) in [4.78, 5) is 28.7. The lowest BCUT2D eigenvalue weighted by Crippen LogP contribution is -2.42. The van der Waals surface area contributed by atoms with Gasteiger partial charge in [0, 0.05) is 18.9 Å². The van der Waals surface area contributed by atoms with Crippen LogP contribution in [-0.4, -0.2) is 70.0 Å². The summed E-state index contributed by atoms with van der Waals surface area (Å²) < 4.78 is 8.81. The number of likely N-dealkylation sites (N-methyl/N-ethyl adjacent to an activating group) is 1. The van der Waals surface area contributed by atoms with Gasteiger partial charge in [0.2, 0.25) is 5.82 Å². The van der Waals surface area contributed by atoms with Gasteiger partial charge >= 0.3 is 0 Å². The number of hydrogen-bond acceptors (Lipinski definition) is 9. The fourth-order valence-electron chi connectivity index (χ4n) is 3.15. The molecule has 1 aliphatic rings. The number of fused-ring (bicyclic) bond motifs is 1. The highest BCUT2D eigenvalue weighted by molar-refractivity contribution is 5.83. The SMILES string of the molecule is CCNC(=O)[C@H]1OC(n2cnc3c(N)nc(C#CCn4ccnc4)nc32)[C@H](O)[C@@H]1O. The third kappa shape index (κ3) is 3.57. The zero-order chi connectivity index (χ0) is 21.3. The minimum atomic E-state index is -1.41. The van der Waals surface area contributed by atoms with Crippen LogP contribution >= 0.6 is 0 Å². The number of anilines is 1. The van der Waals surface area contributed by atoms with Gasteiger partial charge < -0.3 is 30.6 Å². The molecule has 12 nitrogen and oxygen atoms in total. The van der Waals surface area contributed by atoms with E-state index in [2.05, 4.69) is 37.1 Å². The lowest BCUT2D eigenvalue weighted by Gasteiger charge is -2.16. The Labute approximate surface area is 170 Å². The minimum absolute atomic E-state index is 0.110. The van der Waals surface area contributed by atoms with Crippen molar-refractivity contribution < 1.29 is 19.7 Å². The van der Waals surface area contributed by atoms with Crippen LogP contribution < -0.4 is 11.1 Å². The predicted molar refractivity (Wildman–Crippen MR) is 103 cm³/mol. The molecule has 0 saturated carbocycles. The number of amides is 1. The molecule has 1 amide bonds. The molecule has 0 bridgehead atoms. The van der Waals surface area contributed by atoms with Gasteiger partial charge in [-0.2, -0.15) is 0 Å². The van der Waals surface area contributed by atoms with E-state index in [9.17, 15) is 15.0 Å². The van der Waals surface area contributed by atoms with E-state index < -0.39 is 30.4 Å². The van der Waals surface area contributed by atoms with Crippen molar-refractivity contribution in [3.05, 3.63) is 30.9 Å². The fourth-order valence-corrected chi connectivity index (χ4v) is 3.15. The number of nitrogens with zero attached hydrogens (tertiary/aromatic N) is 6. The molecular formula is C18H20N8O4. The van der Waals surface area contributed by atoms with Crippen LogP contribution in [0.25, 0.3) is 11.2 Å².